The third-order valence-corrected chi connectivity index (χ3v) is 5.04. The lowest BCUT2D eigenvalue weighted by atomic mass is 10.2. The molecule has 0 atom stereocenters. The molecule has 0 bridgehead atoms. The normalized spacial score (nSPS) is 11.0. The van der Waals surface area contributed by atoms with E-state index in [0.717, 1.165) is 5.76 Å². The Morgan fingerprint density at radius 3 is 2.85 bits per heavy atom. The van der Waals surface area contributed by atoms with Crippen molar-refractivity contribution in [3.63, 3.8) is 0 Å². The Hall–Kier alpha value is -2.32. The topological polar surface area (TPSA) is 86.9 Å². The molecule has 0 spiro atoms. The summed E-state index contributed by atoms with van der Waals surface area (Å²) in [5.74, 6) is 0.858. The number of primary amides is 1. The number of hydrogen-bond donors (Lipinski definition) is 1. The van der Waals surface area contributed by atoms with Crippen molar-refractivity contribution in [2.75, 3.05) is 0 Å². The van der Waals surface area contributed by atoms with E-state index in [1.807, 2.05) is 10.6 Å². The van der Waals surface area contributed by atoms with Crippen LogP contribution in [-0.4, -0.2) is 20.7 Å². The molecular formula is C17H16ClFN4O2S. The monoisotopic (exact) mass is 394 g/mol. The molecule has 2 N–H and O–H groups in total. The van der Waals surface area contributed by atoms with Crippen molar-refractivity contribution in [2.24, 2.45) is 5.73 Å². The van der Waals surface area contributed by atoms with E-state index in [2.05, 4.69) is 10.2 Å². The van der Waals surface area contributed by atoms with Crippen LogP contribution in [0.4, 0.5) is 4.39 Å². The van der Waals surface area contributed by atoms with E-state index in [1.54, 1.807) is 24.5 Å². The number of nitrogens with zero attached hydrogens (tertiary/aromatic N) is 3. The van der Waals surface area contributed by atoms with Gasteiger partial charge in [-0.2, -0.15) is 0 Å². The Morgan fingerprint density at radius 2 is 2.15 bits per heavy atom. The lowest BCUT2D eigenvalue weighted by Crippen LogP contribution is -2.14. The standard InChI is InChI=1S/C17H16ClFN4O2S/c18-13-4-1-5-14(19)12(13)10-26-17-22-21-16(7-6-15(20)24)23(17)9-11-3-2-8-25-11/h1-5,8H,6-7,9-10H2,(H2,20,24). The third kappa shape index (κ3) is 4.44. The fourth-order valence-electron chi connectivity index (χ4n) is 2.37. The number of amides is 1. The number of halogens is 2. The maximum Gasteiger partial charge on any atom is 0.217 e. The first kappa shape index (κ1) is 18.5. The van der Waals surface area contributed by atoms with Gasteiger partial charge in [-0.05, 0) is 24.3 Å². The van der Waals surface area contributed by atoms with Crippen LogP contribution in [0.3, 0.4) is 0 Å². The average molecular weight is 395 g/mol. The molecule has 1 amide bonds. The van der Waals surface area contributed by atoms with Gasteiger partial charge in [0.05, 0.1) is 12.8 Å². The molecule has 0 saturated carbocycles. The molecule has 0 aliphatic heterocycles. The molecule has 3 aromatic rings. The largest absolute Gasteiger partial charge is 0.467 e. The third-order valence-electron chi connectivity index (χ3n) is 3.69. The van der Waals surface area contributed by atoms with Crippen LogP contribution in [0.2, 0.25) is 5.02 Å². The Kier molecular flexibility index (Phi) is 5.95. The zero-order chi connectivity index (χ0) is 18.5. The molecule has 0 unspecified atom stereocenters. The highest BCUT2D eigenvalue weighted by Crippen LogP contribution is 2.28. The van der Waals surface area contributed by atoms with Crippen LogP contribution in [0.1, 0.15) is 23.6 Å². The lowest BCUT2D eigenvalue weighted by molar-refractivity contribution is -0.118. The predicted octanol–water partition coefficient (Wildman–Crippen LogP) is 3.42. The first-order chi connectivity index (χ1) is 12.5. The summed E-state index contributed by atoms with van der Waals surface area (Å²) >= 11 is 7.39. The lowest BCUT2D eigenvalue weighted by Gasteiger charge is -2.09. The summed E-state index contributed by atoms with van der Waals surface area (Å²) in [5.41, 5.74) is 5.63. The molecular weight excluding hydrogens is 379 g/mol. The van der Waals surface area contributed by atoms with E-state index in [4.69, 9.17) is 21.8 Å². The zero-order valence-corrected chi connectivity index (χ0v) is 15.3. The van der Waals surface area contributed by atoms with Crippen LogP contribution in [0.25, 0.3) is 0 Å². The number of carbonyl (C=O) groups excluding carboxylic acids is 1. The van der Waals surface area contributed by atoms with Gasteiger partial charge in [-0.25, -0.2) is 4.39 Å². The molecule has 3 rings (SSSR count). The molecule has 0 radical (unpaired) electrons. The van der Waals surface area contributed by atoms with Gasteiger partial charge < -0.3 is 10.2 Å². The summed E-state index contributed by atoms with van der Waals surface area (Å²) in [7, 11) is 0. The van der Waals surface area contributed by atoms with Gasteiger partial charge in [0.25, 0.3) is 0 Å². The second-order valence-electron chi connectivity index (χ2n) is 5.52. The molecule has 0 aliphatic rings. The SMILES string of the molecule is NC(=O)CCc1nnc(SCc2c(F)cccc2Cl)n1Cc1ccco1. The van der Waals surface area contributed by atoms with Crippen molar-refractivity contribution in [3.05, 3.63) is 64.6 Å². The maximum absolute atomic E-state index is 14.0. The number of furan rings is 1. The Balaban J connectivity index is 1.82. The molecule has 0 fully saturated rings. The van der Waals surface area contributed by atoms with Crippen molar-refractivity contribution in [1.29, 1.82) is 0 Å². The first-order valence-electron chi connectivity index (χ1n) is 7.83. The molecule has 0 saturated heterocycles. The van der Waals surface area contributed by atoms with E-state index >= 15 is 0 Å². The van der Waals surface area contributed by atoms with Crippen LogP contribution < -0.4 is 5.73 Å². The van der Waals surface area contributed by atoms with Crippen molar-refractivity contribution in [3.8, 4) is 0 Å². The molecule has 6 nitrogen and oxygen atoms in total. The van der Waals surface area contributed by atoms with Crippen molar-refractivity contribution >= 4 is 29.3 Å². The maximum atomic E-state index is 14.0. The molecule has 1 aromatic carbocycles. The first-order valence-corrected chi connectivity index (χ1v) is 9.19. The van der Waals surface area contributed by atoms with Gasteiger partial charge in [-0.1, -0.05) is 29.4 Å². The fourth-order valence-corrected chi connectivity index (χ4v) is 3.67. The number of rotatable bonds is 8. The number of aryl methyl sites for hydroxylation is 1. The number of aromatic nitrogens is 3. The number of benzene rings is 1. The summed E-state index contributed by atoms with van der Waals surface area (Å²) in [4.78, 5) is 11.1. The molecule has 9 heteroatoms. The van der Waals surface area contributed by atoms with Gasteiger partial charge >= 0.3 is 0 Å². The highest BCUT2D eigenvalue weighted by molar-refractivity contribution is 7.98. The second-order valence-corrected chi connectivity index (χ2v) is 6.87. The molecule has 2 heterocycles. The zero-order valence-electron chi connectivity index (χ0n) is 13.7. The minimum atomic E-state index is -0.412. The number of thioether (sulfide) groups is 1. The molecule has 0 aliphatic carbocycles. The van der Waals surface area contributed by atoms with Crippen LogP contribution in [0.15, 0.2) is 46.2 Å². The number of carbonyl (C=O) groups is 1. The van der Waals surface area contributed by atoms with Crippen molar-refractivity contribution in [1.82, 2.24) is 14.8 Å². The number of nitrogens with two attached hydrogens (primary N) is 1. The summed E-state index contributed by atoms with van der Waals surface area (Å²) in [6, 6.07) is 8.20. The Bertz CT molecular complexity index is 878. The summed E-state index contributed by atoms with van der Waals surface area (Å²) < 4.78 is 21.2. The van der Waals surface area contributed by atoms with Crippen LogP contribution in [0.5, 0.6) is 0 Å². The highest BCUT2D eigenvalue weighted by atomic mass is 35.5. The van der Waals surface area contributed by atoms with Crippen LogP contribution >= 0.6 is 23.4 Å². The Morgan fingerprint density at radius 1 is 1.31 bits per heavy atom. The highest BCUT2D eigenvalue weighted by Gasteiger charge is 2.16. The Labute approximate surface area is 158 Å². The van der Waals surface area contributed by atoms with Crippen molar-refractivity contribution in [2.45, 2.75) is 30.3 Å². The molecule has 26 heavy (non-hydrogen) atoms. The van der Waals surface area contributed by atoms with E-state index in [0.29, 0.717) is 40.3 Å². The van der Waals surface area contributed by atoms with Gasteiger partial charge in [0, 0.05) is 29.2 Å². The van der Waals surface area contributed by atoms with Gasteiger partial charge in [0.2, 0.25) is 5.91 Å². The second kappa shape index (κ2) is 8.37. The van der Waals surface area contributed by atoms with Crippen molar-refractivity contribution < 1.29 is 13.6 Å². The summed E-state index contributed by atoms with van der Waals surface area (Å²) in [6.45, 7) is 0.404. The van der Waals surface area contributed by atoms with Gasteiger partial charge in [-0.15, -0.1) is 10.2 Å². The van der Waals surface area contributed by atoms with Crippen LogP contribution in [0, 0.1) is 5.82 Å². The quantitative estimate of drug-likeness (QED) is 0.591. The number of hydrogen-bond acceptors (Lipinski definition) is 5. The molecule has 2 aromatic heterocycles. The van der Waals surface area contributed by atoms with E-state index in [-0.39, 0.29) is 12.2 Å². The van der Waals surface area contributed by atoms with Gasteiger partial charge in [0.1, 0.15) is 17.4 Å². The minimum Gasteiger partial charge on any atom is -0.467 e. The summed E-state index contributed by atoms with van der Waals surface area (Å²) in [5, 5.41) is 9.26. The van der Waals surface area contributed by atoms with E-state index < -0.39 is 5.91 Å². The van der Waals surface area contributed by atoms with Crippen LogP contribution in [-0.2, 0) is 23.5 Å². The smallest absolute Gasteiger partial charge is 0.217 e. The van der Waals surface area contributed by atoms with E-state index in [9.17, 15) is 9.18 Å². The minimum absolute atomic E-state index is 0.167. The van der Waals surface area contributed by atoms with E-state index in [1.165, 1.54) is 17.8 Å². The molecule has 136 valence electrons. The average Bonchev–Trinajstić information content (AvgIpc) is 3.23. The van der Waals surface area contributed by atoms with Gasteiger partial charge in [-0.3, -0.25) is 9.36 Å². The summed E-state index contributed by atoms with van der Waals surface area (Å²) in [6.07, 6.45) is 2.11. The predicted molar refractivity (Wildman–Crippen MR) is 96.3 cm³/mol. The van der Waals surface area contributed by atoms with Gasteiger partial charge in [0.15, 0.2) is 5.16 Å². The fraction of sp³-hybridized carbons (Fsp3) is 0.235.